The van der Waals surface area contributed by atoms with Crippen LogP contribution in [0.3, 0.4) is 0 Å². The fraction of sp³-hybridized carbons (Fsp3) is 0.667. The first kappa shape index (κ1) is 11.1. The molecule has 2 rings (SSSR count). The van der Waals surface area contributed by atoms with Gasteiger partial charge in [0.2, 0.25) is 0 Å². The van der Waals surface area contributed by atoms with Crippen molar-refractivity contribution < 1.29 is 0 Å². The lowest BCUT2D eigenvalue weighted by Crippen LogP contribution is -2.31. The molecule has 1 atom stereocenters. The highest BCUT2D eigenvalue weighted by Gasteiger charge is 2.16. The fourth-order valence-corrected chi connectivity index (χ4v) is 2.91. The summed E-state index contributed by atoms with van der Waals surface area (Å²) in [5.41, 5.74) is 7.18. The number of thiophene rings is 1. The van der Waals surface area contributed by atoms with Crippen LogP contribution in [0.1, 0.15) is 23.8 Å². The molecular formula is C12H20N2S. The zero-order chi connectivity index (χ0) is 10.7. The second-order valence-electron chi connectivity index (χ2n) is 4.52. The monoisotopic (exact) mass is 224 g/mol. The lowest BCUT2D eigenvalue weighted by Gasteiger charge is -2.27. The molecular weight excluding hydrogens is 204 g/mol. The minimum atomic E-state index is 0.661. The van der Waals surface area contributed by atoms with Gasteiger partial charge in [-0.15, -0.1) is 11.3 Å². The number of hydrogen-bond acceptors (Lipinski definition) is 3. The number of nitrogens with zero attached hydrogens (tertiary/aromatic N) is 1. The van der Waals surface area contributed by atoms with Crippen LogP contribution in [-0.4, -0.2) is 24.5 Å². The maximum atomic E-state index is 5.63. The topological polar surface area (TPSA) is 29.3 Å². The number of nitrogens with two attached hydrogens (primary N) is 1. The standard InChI is InChI=1S/C12H20N2S/c1-10(8-13)2-5-14-6-3-12-11(9-14)4-7-15-12/h4,7,10H,2-3,5-6,8-9,13H2,1H3. The van der Waals surface area contributed by atoms with Gasteiger partial charge in [-0.2, -0.15) is 0 Å². The highest BCUT2D eigenvalue weighted by Crippen LogP contribution is 2.24. The first-order chi connectivity index (χ1) is 7.29. The Labute approximate surface area is 96.1 Å². The molecule has 2 nitrogen and oxygen atoms in total. The van der Waals surface area contributed by atoms with Crippen LogP contribution in [0.15, 0.2) is 11.4 Å². The third-order valence-electron chi connectivity index (χ3n) is 3.23. The van der Waals surface area contributed by atoms with Crippen molar-refractivity contribution >= 4 is 11.3 Å². The Morgan fingerprint density at radius 1 is 1.60 bits per heavy atom. The summed E-state index contributed by atoms with van der Waals surface area (Å²) in [6.45, 7) is 6.63. The van der Waals surface area contributed by atoms with Gasteiger partial charge in [-0.1, -0.05) is 6.92 Å². The van der Waals surface area contributed by atoms with Gasteiger partial charge in [0.15, 0.2) is 0 Å². The molecule has 2 heterocycles. The second-order valence-corrected chi connectivity index (χ2v) is 5.53. The van der Waals surface area contributed by atoms with E-state index in [1.807, 2.05) is 11.3 Å². The van der Waals surface area contributed by atoms with E-state index in [4.69, 9.17) is 5.73 Å². The average Bonchev–Trinajstić information content (AvgIpc) is 2.72. The van der Waals surface area contributed by atoms with Gasteiger partial charge < -0.3 is 5.73 Å². The van der Waals surface area contributed by atoms with E-state index in [9.17, 15) is 0 Å². The summed E-state index contributed by atoms with van der Waals surface area (Å²) < 4.78 is 0. The number of fused-ring (bicyclic) bond motifs is 1. The molecule has 3 heteroatoms. The Bertz CT molecular complexity index is 308. The Morgan fingerprint density at radius 3 is 3.27 bits per heavy atom. The van der Waals surface area contributed by atoms with Crippen LogP contribution >= 0.6 is 11.3 Å². The van der Waals surface area contributed by atoms with Crippen LogP contribution in [0.4, 0.5) is 0 Å². The van der Waals surface area contributed by atoms with Crippen LogP contribution in [0.5, 0.6) is 0 Å². The Morgan fingerprint density at radius 2 is 2.47 bits per heavy atom. The minimum Gasteiger partial charge on any atom is -0.330 e. The Hall–Kier alpha value is -0.380. The smallest absolute Gasteiger partial charge is 0.0244 e. The van der Waals surface area contributed by atoms with Crippen molar-refractivity contribution in [3.63, 3.8) is 0 Å². The molecule has 1 aromatic heterocycles. The van der Waals surface area contributed by atoms with Gasteiger partial charge in [-0.3, -0.25) is 4.90 Å². The predicted molar refractivity (Wildman–Crippen MR) is 66.1 cm³/mol. The van der Waals surface area contributed by atoms with Crippen LogP contribution in [0.25, 0.3) is 0 Å². The van der Waals surface area contributed by atoms with Crippen molar-refractivity contribution in [2.24, 2.45) is 11.7 Å². The minimum absolute atomic E-state index is 0.661. The van der Waals surface area contributed by atoms with Crippen molar-refractivity contribution in [2.75, 3.05) is 19.6 Å². The molecule has 0 saturated carbocycles. The Kier molecular flexibility index (Phi) is 3.78. The zero-order valence-electron chi connectivity index (χ0n) is 9.41. The maximum Gasteiger partial charge on any atom is 0.0244 e. The van der Waals surface area contributed by atoms with E-state index in [2.05, 4.69) is 23.3 Å². The first-order valence-electron chi connectivity index (χ1n) is 5.77. The first-order valence-corrected chi connectivity index (χ1v) is 6.65. The van der Waals surface area contributed by atoms with E-state index in [1.54, 1.807) is 10.4 Å². The summed E-state index contributed by atoms with van der Waals surface area (Å²) in [7, 11) is 0. The molecule has 0 amide bonds. The third kappa shape index (κ3) is 2.80. The lowest BCUT2D eigenvalue weighted by atomic mass is 10.1. The molecule has 1 unspecified atom stereocenters. The molecule has 0 spiro atoms. The van der Waals surface area contributed by atoms with Gasteiger partial charge in [-0.25, -0.2) is 0 Å². The molecule has 15 heavy (non-hydrogen) atoms. The van der Waals surface area contributed by atoms with Crippen molar-refractivity contribution in [1.29, 1.82) is 0 Å². The predicted octanol–water partition coefficient (Wildman–Crippen LogP) is 2.09. The molecule has 0 bridgehead atoms. The van der Waals surface area contributed by atoms with E-state index in [-0.39, 0.29) is 0 Å². The normalized spacial score (nSPS) is 18.8. The van der Waals surface area contributed by atoms with Gasteiger partial charge in [-0.05, 0) is 48.9 Å². The van der Waals surface area contributed by atoms with E-state index in [1.165, 1.54) is 25.9 Å². The van der Waals surface area contributed by atoms with Crippen molar-refractivity contribution in [3.05, 3.63) is 21.9 Å². The molecule has 0 aliphatic carbocycles. The Balaban J connectivity index is 1.82. The SMILES string of the molecule is CC(CN)CCN1CCc2sccc2C1. The quantitative estimate of drug-likeness (QED) is 0.848. The van der Waals surface area contributed by atoms with E-state index in [0.29, 0.717) is 5.92 Å². The van der Waals surface area contributed by atoms with Gasteiger partial charge in [0.1, 0.15) is 0 Å². The zero-order valence-corrected chi connectivity index (χ0v) is 10.2. The molecule has 84 valence electrons. The summed E-state index contributed by atoms with van der Waals surface area (Å²) in [4.78, 5) is 4.15. The van der Waals surface area contributed by atoms with E-state index in [0.717, 1.165) is 13.1 Å². The molecule has 0 saturated heterocycles. The van der Waals surface area contributed by atoms with Crippen LogP contribution in [0, 0.1) is 5.92 Å². The second kappa shape index (κ2) is 5.10. The average molecular weight is 224 g/mol. The molecule has 1 aromatic rings. The van der Waals surface area contributed by atoms with Gasteiger partial charge in [0, 0.05) is 18.0 Å². The lowest BCUT2D eigenvalue weighted by molar-refractivity contribution is 0.239. The van der Waals surface area contributed by atoms with Crippen LogP contribution in [0.2, 0.25) is 0 Å². The maximum absolute atomic E-state index is 5.63. The van der Waals surface area contributed by atoms with Gasteiger partial charge >= 0.3 is 0 Å². The third-order valence-corrected chi connectivity index (χ3v) is 4.25. The molecule has 0 aromatic carbocycles. The van der Waals surface area contributed by atoms with Crippen LogP contribution < -0.4 is 5.73 Å². The van der Waals surface area contributed by atoms with Crippen molar-refractivity contribution in [2.45, 2.75) is 26.3 Å². The summed E-state index contributed by atoms with van der Waals surface area (Å²) in [5.74, 6) is 0.661. The molecule has 0 radical (unpaired) electrons. The summed E-state index contributed by atoms with van der Waals surface area (Å²) >= 11 is 1.91. The summed E-state index contributed by atoms with van der Waals surface area (Å²) in [5, 5.41) is 2.22. The van der Waals surface area contributed by atoms with E-state index >= 15 is 0 Å². The number of rotatable bonds is 4. The van der Waals surface area contributed by atoms with E-state index < -0.39 is 0 Å². The van der Waals surface area contributed by atoms with Crippen molar-refractivity contribution in [3.8, 4) is 0 Å². The highest BCUT2D eigenvalue weighted by molar-refractivity contribution is 7.10. The van der Waals surface area contributed by atoms with Gasteiger partial charge in [0.25, 0.3) is 0 Å². The van der Waals surface area contributed by atoms with Gasteiger partial charge in [0.05, 0.1) is 0 Å². The highest BCUT2D eigenvalue weighted by atomic mass is 32.1. The molecule has 1 aliphatic rings. The molecule has 2 N–H and O–H groups in total. The largest absolute Gasteiger partial charge is 0.330 e. The fourth-order valence-electron chi connectivity index (χ4n) is 2.02. The number of hydrogen-bond donors (Lipinski definition) is 1. The molecule has 1 aliphatic heterocycles. The summed E-state index contributed by atoms with van der Waals surface area (Å²) in [6.07, 6.45) is 2.47. The molecule has 0 fully saturated rings. The summed E-state index contributed by atoms with van der Waals surface area (Å²) in [6, 6.07) is 2.28. The van der Waals surface area contributed by atoms with Crippen molar-refractivity contribution in [1.82, 2.24) is 4.90 Å². The van der Waals surface area contributed by atoms with Crippen LogP contribution in [-0.2, 0) is 13.0 Å².